The van der Waals surface area contributed by atoms with Crippen LogP contribution >= 0.6 is 0 Å². The number of benzene rings is 2. The van der Waals surface area contributed by atoms with Crippen molar-refractivity contribution in [2.45, 2.75) is 50.4 Å². The van der Waals surface area contributed by atoms with Gasteiger partial charge in [0.2, 0.25) is 0 Å². The fourth-order valence-corrected chi connectivity index (χ4v) is 4.38. The Morgan fingerprint density at radius 3 is 2.41 bits per heavy atom. The van der Waals surface area contributed by atoms with Gasteiger partial charge in [-0.3, -0.25) is 4.90 Å². The summed E-state index contributed by atoms with van der Waals surface area (Å²) in [5, 5.41) is 5.44. The van der Waals surface area contributed by atoms with Crippen LogP contribution in [0.4, 0.5) is 19.3 Å². The molecule has 6 heteroatoms. The van der Waals surface area contributed by atoms with Gasteiger partial charge in [0, 0.05) is 30.7 Å². The minimum atomic E-state index is -0.775. The number of hydrogen-bond donors (Lipinski definition) is 2. The normalized spacial score (nSPS) is 24.6. The second kappa shape index (κ2) is 7.64. The van der Waals surface area contributed by atoms with Crippen LogP contribution in [0.25, 0.3) is 0 Å². The number of rotatable bonds is 4. The van der Waals surface area contributed by atoms with Crippen molar-refractivity contribution in [2.24, 2.45) is 0 Å². The Morgan fingerprint density at radius 1 is 1.04 bits per heavy atom. The lowest BCUT2D eigenvalue weighted by Gasteiger charge is -2.39. The van der Waals surface area contributed by atoms with Crippen LogP contribution in [0.2, 0.25) is 0 Å². The van der Waals surface area contributed by atoms with Crippen molar-refractivity contribution in [3.05, 3.63) is 65.7 Å². The van der Waals surface area contributed by atoms with E-state index in [-0.39, 0.29) is 11.7 Å². The number of nitrogens with one attached hydrogen (secondary N) is 2. The molecule has 0 radical (unpaired) electrons. The van der Waals surface area contributed by atoms with Crippen LogP contribution in [0, 0.1) is 11.6 Å². The molecular formula is C21H23F2N3O. The maximum Gasteiger partial charge on any atom is 0.319 e. The van der Waals surface area contributed by atoms with E-state index in [4.69, 9.17) is 0 Å². The molecule has 2 aromatic carbocycles. The Morgan fingerprint density at radius 2 is 1.74 bits per heavy atom. The zero-order chi connectivity index (χ0) is 18.8. The fraction of sp³-hybridized carbons (Fsp3) is 0.381. The van der Waals surface area contributed by atoms with E-state index in [0.29, 0.717) is 12.1 Å². The number of nitrogens with zero attached hydrogens (tertiary/aromatic N) is 1. The highest BCUT2D eigenvalue weighted by Gasteiger charge is 2.40. The van der Waals surface area contributed by atoms with E-state index >= 15 is 0 Å². The molecule has 142 valence electrons. The molecule has 4 rings (SSSR count). The van der Waals surface area contributed by atoms with Gasteiger partial charge in [-0.1, -0.05) is 30.3 Å². The maximum absolute atomic E-state index is 13.7. The quantitative estimate of drug-likeness (QED) is 0.842. The van der Waals surface area contributed by atoms with Crippen molar-refractivity contribution in [3.8, 4) is 0 Å². The van der Waals surface area contributed by atoms with E-state index in [9.17, 15) is 13.6 Å². The van der Waals surface area contributed by atoms with E-state index in [1.807, 2.05) is 6.07 Å². The summed E-state index contributed by atoms with van der Waals surface area (Å²) < 4.78 is 26.7. The van der Waals surface area contributed by atoms with Gasteiger partial charge < -0.3 is 10.6 Å². The van der Waals surface area contributed by atoms with Gasteiger partial charge in [-0.2, -0.15) is 0 Å². The highest BCUT2D eigenvalue weighted by atomic mass is 19.1. The van der Waals surface area contributed by atoms with Crippen LogP contribution in [0.5, 0.6) is 0 Å². The van der Waals surface area contributed by atoms with E-state index in [2.05, 4.69) is 39.8 Å². The maximum atomic E-state index is 13.7. The summed E-state index contributed by atoms with van der Waals surface area (Å²) in [7, 11) is 0. The van der Waals surface area contributed by atoms with Crippen LogP contribution in [-0.2, 0) is 6.54 Å². The monoisotopic (exact) mass is 371 g/mol. The van der Waals surface area contributed by atoms with Gasteiger partial charge in [0.05, 0.1) is 5.69 Å². The molecule has 2 amide bonds. The molecule has 2 heterocycles. The third-order valence-electron chi connectivity index (χ3n) is 5.61. The van der Waals surface area contributed by atoms with Crippen LogP contribution in [0.15, 0.2) is 48.5 Å². The zero-order valence-electron chi connectivity index (χ0n) is 15.0. The smallest absolute Gasteiger partial charge is 0.319 e. The molecular weight excluding hydrogens is 348 g/mol. The number of carbonyl (C=O) groups excluding carboxylic acids is 1. The lowest BCUT2D eigenvalue weighted by molar-refractivity contribution is 0.112. The largest absolute Gasteiger partial charge is 0.335 e. The van der Waals surface area contributed by atoms with Crippen molar-refractivity contribution >= 4 is 11.7 Å². The number of amides is 2. The molecule has 27 heavy (non-hydrogen) atoms. The second-order valence-corrected chi connectivity index (χ2v) is 7.43. The summed E-state index contributed by atoms with van der Waals surface area (Å²) in [6.45, 7) is 0.940. The summed E-state index contributed by atoms with van der Waals surface area (Å²) >= 11 is 0. The third kappa shape index (κ3) is 4.11. The van der Waals surface area contributed by atoms with Crippen molar-refractivity contribution < 1.29 is 13.6 Å². The molecule has 2 saturated heterocycles. The Balaban J connectivity index is 1.33. The first-order chi connectivity index (χ1) is 13.1. The molecule has 2 fully saturated rings. The number of halogens is 2. The number of piperidine rings is 1. The molecule has 4 nitrogen and oxygen atoms in total. The highest BCUT2D eigenvalue weighted by molar-refractivity contribution is 5.89. The standard InChI is InChI=1S/C21H23F2N3O/c22-15-6-9-20(19(23)10-15)25-21(27)24-16-11-17-7-8-18(12-16)26(17)13-14-4-2-1-3-5-14/h1-6,9-10,16-18H,7-8,11-13H2,(H2,24,25,27)/t17-,18-/m1/s1. The first-order valence-electron chi connectivity index (χ1n) is 9.41. The summed E-state index contributed by atoms with van der Waals surface area (Å²) in [4.78, 5) is 14.8. The Bertz CT molecular complexity index is 800. The van der Waals surface area contributed by atoms with Crippen LogP contribution in [-0.4, -0.2) is 29.1 Å². The molecule has 0 saturated carbocycles. The van der Waals surface area contributed by atoms with Gasteiger partial charge in [-0.25, -0.2) is 13.6 Å². The van der Waals surface area contributed by atoms with Gasteiger partial charge in [0.1, 0.15) is 11.6 Å². The lowest BCUT2D eigenvalue weighted by atomic mass is 9.96. The minimum absolute atomic E-state index is 0.0154. The molecule has 2 aliphatic heterocycles. The van der Waals surface area contributed by atoms with E-state index < -0.39 is 17.7 Å². The van der Waals surface area contributed by atoms with Crippen molar-refractivity contribution in [2.75, 3.05) is 5.32 Å². The van der Waals surface area contributed by atoms with Gasteiger partial charge in [0.25, 0.3) is 0 Å². The molecule has 0 aromatic heterocycles. The molecule has 2 bridgehead atoms. The minimum Gasteiger partial charge on any atom is -0.335 e. The number of fused-ring (bicyclic) bond motifs is 2. The Hall–Kier alpha value is -2.47. The number of carbonyl (C=O) groups is 1. The first-order valence-corrected chi connectivity index (χ1v) is 9.41. The molecule has 2 atom stereocenters. The topological polar surface area (TPSA) is 44.4 Å². The van der Waals surface area contributed by atoms with Crippen molar-refractivity contribution in [1.29, 1.82) is 0 Å². The van der Waals surface area contributed by atoms with Crippen molar-refractivity contribution in [1.82, 2.24) is 10.2 Å². The van der Waals surface area contributed by atoms with Gasteiger partial charge >= 0.3 is 6.03 Å². The van der Waals surface area contributed by atoms with Gasteiger partial charge in [-0.05, 0) is 43.4 Å². The molecule has 0 spiro atoms. The second-order valence-electron chi connectivity index (χ2n) is 7.43. The van der Waals surface area contributed by atoms with E-state index in [1.54, 1.807) is 0 Å². The number of anilines is 1. The van der Waals surface area contributed by atoms with E-state index in [0.717, 1.165) is 44.4 Å². The number of urea groups is 1. The van der Waals surface area contributed by atoms with E-state index in [1.165, 1.54) is 11.6 Å². The average Bonchev–Trinajstić information content (AvgIpc) is 2.87. The fourth-order valence-electron chi connectivity index (χ4n) is 4.38. The Kier molecular flexibility index (Phi) is 5.07. The average molecular weight is 371 g/mol. The first kappa shape index (κ1) is 17.9. The molecule has 0 unspecified atom stereocenters. The van der Waals surface area contributed by atoms with Crippen molar-refractivity contribution in [3.63, 3.8) is 0 Å². The summed E-state index contributed by atoms with van der Waals surface area (Å²) in [6.07, 6.45) is 4.07. The SMILES string of the molecule is O=C(Nc1ccc(F)cc1F)NC1C[C@H]2CC[C@H](C1)N2Cc1ccccc1. The number of hydrogen-bond acceptors (Lipinski definition) is 2. The third-order valence-corrected chi connectivity index (χ3v) is 5.61. The van der Waals surface area contributed by atoms with Gasteiger partial charge in [-0.15, -0.1) is 0 Å². The predicted octanol–water partition coefficient (Wildman–Crippen LogP) is 4.28. The predicted molar refractivity (Wildman–Crippen MR) is 100 cm³/mol. The Labute approximate surface area is 157 Å². The highest BCUT2D eigenvalue weighted by Crippen LogP contribution is 2.36. The molecule has 2 aromatic rings. The summed E-state index contributed by atoms with van der Waals surface area (Å²) in [5.74, 6) is -1.44. The summed E-state index contributed by atoms with van der Waals surface area (Å²) in [6, 6.07) is 14.1. The lowest BCUT2D eigenvalue weighted by Crippen LogP contribution is -2.50. The molecule has 2 aliphatic rings. The van der Waals surface area contributed by atoms with Crippen LogP contribution in [0.1, 0.15) is 31.2 Å². The summed E-state index contributed by atoms with van der Waals surface area (Å²) in [5.41, 5.74) is 1.30. The van der Waals surface area contributed by atoms with Crippen LogP contribution < -0.4 is 10.6 Å². The van der Waals surface area contributed by atoms with Gasteiger partial charge in [0.15, 0.2) is 0 Å². The van der Waals surface area contributed by atoms with Crippen LogP contribution in [0.3, 0.4) is 0 Å². The molecule has 0 aliphatic carbocycles. The molecule has 2 N–H and O–H groups in total. The zero-order valence-corrected chi connectivity index (χ0v) is 15.0.